The fourth-order valence-corrected chi connectivity index (χ4v) is 8.49. The number of nitrogens with one attached hydrogen (secondary N) is 5. The molecule has 8 rings (SSSR count). The van der Waals surface area contributed by atoms with Crippen LogP contribution in [0.2, 0.25) is 0 Å². The van der Waals surface area contributed by atoms with E-state index in [4.69, 9.17) is 27.4 Å². The van der Waals surface area contributed by atoms with E-state index < -0.39 is 48.3 Å². The molecule has 2 aromatic heterocycles. The number of likely N-dealkylation sites (N-methyl/N-ethyl adjacent to an activating group) is 1. The summed E-state index contributed by atoms with van der Waals surface area (Å²) >= 11 is 5.46. The number of carboxylic acids is 1. The number of nitrogen functional groups attached to an aromatic ring is 1. The topological polar surface area (TPSA) is 297 Å². The van der Waals surface area contributed by atoms with Crippen LogP contribution in [0.1, 0.15) is 58.1 Å². The number of aryl methyl sites for hydroxylation is 1. The van der Waals surface area contributed by atoms with Gasteiger partial charge in [0.05, 0.1) is 11.9 Å². The highest BCUT2D eigenvalue weighted by Gasteiger charge is 2.48. The quantitative estimate of drug-likeness (QED) is 0.0502. The summed E-state index contributed by atoms with van der Waals surface area (Å²) in [5, 5.41) is 56.5. The van der Waals surface area contributed by atoms with Crippen LogP contribution >= 0.6 is 12.2 Å². The number of phenolic OH excluding ortho intramolecular Hbond substituents is 1. The van der Waals surface area contributed by atoms with E-state index in [-0.39, 0.29) is 57.5 Å². The number of aromatic nitrogens is 4. The van der Waals surface area contributed by atoms with Gasteiger partial charge in [0.25, 0.3) is 5.91 Å². The molecule has 2 aliphatic heterocycles. The summed E-state index contributed by atoms with van der Waals surface area (Å²) in [6.07, 6.45) is 1.97. The summed E-state index contributed by atoms with van der Waals surface area (Å²) in [5.41, 5.74) is 10.3. The van der Waals surface area contributed by atoms with Gasteiger partial charge in [0.1, 0.15) is 35.0 Å². The zero-order chi connectivity index (χ0) is 47.4. The SMILES string of the molecule is CCNC(=O)[C@H]1O[C@@H](n2cnc3c(N)nc(NCCc4ccc(CCC(=O)NCCNC(=S)Nc5ccc(C6c7ccc(O)cc7OC7=CC(=O)C=CC76)c(C(=O)O)c5)cc4)nc32)[C@H](O)[C@@H]1O. The lowest BCUT2D eigenvalue weighted by Crippen LogP contribution is -2.42. The molecule has 3 aromatic carbocycles. The molecule has 3 aliphatic rings. The van der Waals surface area contributed by atoms with Crippen LogP contribution in [0.4, 0.5) is 17.5 Å². The van der Waals surface area contributed by atoms with E-state index in [1.165, 1.54) is 41.2 Å². The van der Waals surface area contributed by atoms with Crippen LogP contribution < -0.4 is 37.1 Å². The Morgan fingerprint density at radius 2 is 1.66 bits per heavy atom. The number of hydrogen-bond acceptors (Lipinski definition) is 15. The Kier molecular flexibility index (Phi) is 13.7. The highest BCUT2D eigenvalue weighted by Crippen LogP contribution is 2.49. The molecule has 0 radical (unpaired) electrons. The van der Waals surface area contributed by atoms with Crippen molar-refractivity contribution in [2.24, 2.45) is 5.92 Å². The van der Waals surface area contributed by atoms with E-state index >= 15 is 0 Å². The summed E-state index contributed by atoms with van der Waals surface area (Å²) in [6.45, 7) is 3.12. The number of aromatic carboxylic acids is 1. The second-order valence-corrected chi connectivity index (χ2v) is 16.5. The molecule has 2 unspecified atom stereocenters. The van der Waals surface area contributed by atoms with Gasteiger partial charge in [-0.1, -0.05) is 42.5 Å². The fourth-order valence-electron chi connectivity index (χ4n) is 8.27. The number of nitrogens with two attached hydrogens (primary N) is 1. The van der Waals surface area contributed by atoms with Crippen LogP contribution in [0, 0.1) is 5.92 Å². The number of aliphatic hydroxyl groups excluding tert-OH is 2. The molecular weight excluding hydrogens is 885 g/mol. The molecule has 1 aliphatic carbocycles. The Labute approximate surface area is 388 Å². The molecule has 6 atom stereocenters. The lowest BCUT2D eigenvalue weighted by molar-refractivity contribution is -0.137. The van der Waals surface area contributed by atoms with Crippen molar-refractivity contribution in [3.63, 3.8) is 0 Å². The Morgan fingerprint density at radius 1 is 0.910 bits per heavy atom. The van der Waals surface area contributed by atoms with Crippen molar-refractivity contribution in [3.05, 3.63) is 119 Å². The smallest absolute Gasteiger partial charge is 0.336 e. The first-order chi connectivity index (χ1) is 32.3. The molecule has 0 spiro atoms. The molecule has 11 N–H and O–H groups in total. The number of carbonyl (C=O) groups excluding carboxylic acids is 3. The number of imidazole rings is 1. The number of rotatable bonds is 16. The van der Waals surface area contributed by atoms with Gasteiger partial charge in [-0.15, -0.1) is 0 Å². The van der Waals surface area contributed by atoms with Gasteiger partial charge in [0, 0.05) is 67.8 Å². The minimum Gasteiger partial charge on any atom is -0.508 e. The molecular formula is C46H48N10O10S. The number of benzene rings is 3. The van der Waals surface area contributed by atoms with Crippen molar-refractivity contribution in [3.8, 4) is 11.5 Å². The van der Waals surface area contributed by atoms with Gasteiger partial charge in [0.2, 0.25) is 11.9 Å². The number of carbonyl (C=O) groups is 4. The molecule has 4 heterocycles. The minimum atomic E-state index is -1.46. The highest BCUT2D eigenvalue weighted by molar-refractivity contribution is 7.80. The first-order valence-electron chi connectivity index (χ1n) is 21.5. The second kappa shape index (κ2) is 20.0. The number of fused-ring (bicyclic) bond motifs is 3. The van der Waals surface area contributed by atoms with Gasteiger partial charge >= 0.3 is 5.97 Å². The maximum absolute atomic E-state index is 12.7. The van der Waals surface area contributed by atoms with E-state index in [1.54, 1.807) is 31.2 Å². The standard InChI is InChI=1S/C46H48N10O10S/c1-2-48-42(62)39-37(60)38(61)43(66-39)56-22-52-36-40(47)54-45(55-41(36)56)50-16-15-24-5-3-23(4-6-24)7-14-34(59)49-17-18-51-46(67)53-25-8-11-28(31(19-25)44(63)64)35-29-12-9-26(57)20-32(29)65-33-21-27(58)10-13-30(33)35/h3-6,8-13,19-22,29,35,37-39,43,58,60-61H,2,7,14-18H2,1H3,(H,48,62)(H,49,59)(H,63,64)(H2,51,53,67)(H3,47,50,54,55)/t29?,35?,37-,38+,39-,43+/m0/s1. The maximum Gasteiger partial charge on any atom is 0.336 e. The van der Waals surface area contributed by atoms with E-state index in [9.17, 15) is 39.6 Å². The van der Waals surface area contributed by atoms with Crippen LogP contribution in [0.15, 0.2) is 91.0 Å². The third-order valence-electron chi connectivity index (χ3n) is 11.5. The Morgan fingerprint density at radius 3 is 2.42 bits per heavy atom. The molecule has 0 bridgehead atoms. The fraction of sp³-hybridized carbons (Fsp3) is 0.304. The predicted molar refractivity (Wildman–Crippen MR) is 248 cm³/mol. The zero-order valence-corrected chi connectivity index (χ0v) is 36.8. The van der Waals surface area contributed by atoms with Gasteiger partial charge in [-0.2, -0.15) is 9.97 Å². The number of aromatic hydroxyl groups is 1. The van der Waals surface area contributed by atoms with Crippen molar-refractivity contribution in [2.75, 3.05) is 42.5 Å². The largest absolute Gasteiger partial charge is 0.508 e. The van der Waals surface area contributed by atoms with E-state index in [2.05, 4.69) is 41.5 Å². The van der Waals surface area contributed by atoms with Gasteiger partial charge < -0.3 is 62.2 Å². The van der Waals surface area contributed by atoms with Gasteiger partial charge in [-0.3, -0.25) is 19.0 Å². The number of ketones is 1. The number of phenols is 1. The number of allylic oxidation sites excluding steroid dienone is 3. The van der Waals surface area contributed by atoms with Crippen molar-refractivity contribution in [1.29, 1.82) is 0 Å². The van der Waals surface area contributed by atoms with Crippen molar-refractivity contribution < 1.29 is 49.1 Å². The Hall–Kier alpha value is -7.46. The van der Waals surface area contributed by atoms with Gasteiger partial charge in [-0.05, 0) is 72.9 Å². The number of anilines is 3. The number of amides is 2. The summed E-state index contributed by atoms with van der Waals surface area (Å²) in [4.78, 5) is 62.9. The third-order valence-corrected chi connectivity index (χ3v) is 11.8. The van der Waals surface area contributed by atoms with Crippen molar-refractivity contribution in [2.45, 2.75) is 56.6 Å². The Bertz CT molecular complexity index is 2800. The number of nitrogens with zero attached hydrogens (tertiary/aromatic N) is 4. The van der Waals surface area contributed by atoms with Crippen LogP contribution in [0.5, 0.6) is 11.5 Å². The number of aliphatic hydroxyl groups is 2. The van der Waals surface area contributed by atoms with E-state index in [0.717, 1.165) is 11.1 Å². The lowest BCUT2D eigenvalue weighted by atomic mass is 9.74. The minimum absolute atomic E-state index is 0.0242. The number of hydrogen-bond donors (Lipinski definition) is 10. The number of carboxylic acid groups (broad SMARTS) is 1. The molecule has 348 valence electrons. The van der Waals surface area contributed by atoms with Crippen molar-refractivity contribution >= 4 is 69.5 Å². The molecule has 67 heavy (non-hydrogen) atoms. The first kappa shape index (κ1) is 46.1. The van der Waals surface area contributed by atoms with Crippen LogP contribution in [-0.4, -0.2) is 113 Å². The summed E-state index contributed by atoms with van der Waals surface area (Å²) < 4.78 is 13.1. The Balaban J connectivity index is 0.775. The predicted octanol–water partition coefficient (Wildman–Crippen LogP) is 2.42. The monoisotopic (exact) mass is 932 g/mol. The molecule has 5 aromatic rings. The molecule has 0 saturated carbocycles. The normalized spacial score (nSPS) is 20.5. The average molecular weight is 933 g/mol. The van der Waals surface area contributed by atoms with E-state index in [1.807, 2.05) is 24.3 Å². The maximum atomic E-state index is 12.7. The van der Waals surface area contributed by atoms with Gasteiger partial charge in [0.15, 0.2) is 34.7 Å². The zero-order valence-electron chi connectivity index (χ0n) is 36.0. The summed E-state index contributed by atoms with van der Waals surface area (Å²) in [5.74, 6) is -2.06. The molecule has 21 heteroatoms. The van der Waals surface area contributed by atoms with Crippen LogP contribution in [0.25, 0.3) is 11.2 Å². The van der Waals surface area contributed by atoms with Crippen molar-refractivity contribution in [1.82, 2.24) is 35.5 Å². The van der Waals surface area contributed by atoms with Crippen LogP contribution in [-0.2, 0) is 32.0 Å². The number of thiocarbonyl (C=S) groups is 1. The second-order valence-electron chi connectivity index (χ2n) is 16.0. The van der Waals surface area contributed by atoms with Gasteiger partial charge in [-0.25, -0.2) is 9.78 Å². The van der Waals surface area contributed by atoms with E-state index in [0.29, 0.717) is 67.3 Å². The summed E-state index contributed by atoms with van der Waals surface area (Å²) in [6, 6.07) is 17.4. The van der Waals surface area contributed by atoms with Crippen LogP contribution in [0.3, 0.4) is 0 Å². The molecule has 2 amide bonds. The molecule has 1 saturated heterocycles. The molecule has 1 fully saturated rings. The first-order valence-corrected chi connectivity index (χ1v) is 21.9. The average Bonchev–Trinajstić information content (AvgIpc) is 3.86. The highest BCUT2D eigenvalue weighted by atomic mass is 32.1. The molecule has 20 nitrogen and oxygen atoms in total. The third kappa shape index (κ3) is 10.2. The number of ether oxygens (including phenoxy) is 2. The summed E-state index contributed by atoms with van der Waals surface area (Å²) in [7, 11) is 0. The lowest BCUT2D eigenvalue weighted by Gasteiger charge is -2.35.